The van der Waals surface area contributed by atoms with Crippen LogP contribution in [0.2, 0.25) is 10.0 Å². The SMILES string of the molecule is C=CCN(CC)C(=O)CCCOc1ccc(Cl)cc1Cl. The molecule has 3 nitrogen and oxygen atoms in total. The fourth-order valence-electron chi connectivity index (χ4n) is 1.72. The molecule has 1 aromatic rings. The quantitative estimate of drug-likeness (QED) is 0.532. The minimum atomic E-state index is 0.109. The molecule has 1 rings (SSSR count). The van der Waals surface area contributed by atoms with Gasteiger partial charge in [0.2, 0.25) is 5.91 Å². The number of carbonyl (C=O) groups excluding carboxylic acids is 1. The van der Waals surface area contributed by atoms with Crippen LogP contribution in [0.3, 0.4) is 0 Å². The van der Waals surface area contributed by atoms with Crippen LogP contribution < -0.4 is 4.74 Å². The Bertz CT molecular complexity index is 463. The maximum Gasteiger partial charge on any atom is 0.222 e. The maximum atomic E-state index is 11.9. The van der Waals surface area contributed by atoms with Gasteiger partial charge in [0.25, 0.3) is 0 Å². The summed E-state index contributed by atoms with van der Waals surface area (Å²) in [6.45, 7) is 7.30. The number of benzene rings is 1. The van der Waals surface area contributed by atoms with E-state index in [0.717, 1.165) is 0 Å². The van der Waals surface area contributed by atoms with E-state index in [2.05, 4.69) is 6.58 Å². The van der Waals surface area contributed by atoms with E-state index < -0.39 is 0 Å². The van der Waals surface area contributed by atoms with Crippen molar-refractivity contribution in [2.45, 2.75) is 19.8 Å². The zero-order valence-electron chi connectivity index (χ0n) is 11.6. The number of hydrogen-bond donors (Lipinski definition) is 0. The topological polar surface area (TPSA) is 29.5 Å². The molecule has 0 spiro atoms. The third-order valence-electron chi connectivity index (χ3n) is 2.77. The molecule has 1 aromatic carbocycles. The Hall–Kier alpha value is -1.19. The highest BCUT2D eigenvalue weighted by Gasteiger charge is 2.09. The summed E-state index contributed by atoms with van der Waals surface area (Å²) < 4.78 is 5.53. The molecule has 20 heavy (non-hydrogen) atoms. The molecule has 0 aromatic heterocycles. The van der Waals surface area contributed by atoms with Crippen LogP contribution in [0.15, 0.2) is 30.9 Å². The van der Waals surface area contributed by atoms with Gasteiger partial charge in [-0.1, -0.05) is 29.3 Å². The van der Waals surface area contributed by atoms with Crippen molar-refractivity contribution < 1.29 is 9.53 Å². The van der Waals surface area contributed by atoms with E-state index in [-0.39, 0.29) is 5.91 Å². The largest absolute Gasteiger partial charge is 0.492 e. The average molecular weight is 316 g/mol. The van der Waals surface area contributed by atoms with Gasteiger partial charge in [-0.15, -0.1) is 6.58 Å². The maximum absolute atomic E-state index is 11.9. The fraction of sp³-hybridized carbons (Fsp3) is 0.400. The summed E-state index contributed by atoms with van der Waals surface area (Å²) >= 11 is 11.8. The third-order valence-corrected chi connectivity index (χ3v) is 3.30. The number of amides is 1. The van der Waals surface area contributed by atoms with Crippen LogP contribution in [0, 0.1) is 0 Å². The molecule has 5 heteroatoms. The van der Waals surface area contributed by atoms with Gasteiger partial charge >= 0.3 is 0 Å². The van der Waals surface area contributed by atoms with Crippen LogP contribution in [-0.4, -0.2) is 30.5 Å². The molecule has 0 N–H and O–H groups in total. The molecule has 0 fully saturated rings. The zero-order chi connectivity index (χ0) is 15.0. The molecule has 0 atom stereocenters. The van der Waals surface area contributed by atoms with Crippen LogP contribution in [0.25, 0.3) is 0 Å². The molecule has 110 valence electrons. The second-order valence-corrected chi connectivity index (χ2v) is 5.09. The first-order valence-electron chi connectivity index (χ1n) is 6.55. The van der Waals surface area contributed by atoms with Crippen LogP contribution in [-0.2, 0) is 4.79 Å². The number of halogens is 2. The Morgan fingerprint density at radius 2 is 2.20 bits per heavy atom. The van der Waals surface area contributed by atoms with Gasteiger partial charge in [0.1, 0.15) is 5.75 Å². The molecule has 0 aliphatic carbocycles. The van der Waals surface area contributed by atoms with E-state index in [1.165, 1.54) is 0 Å². The van der Waals surface area contributed by atoms with Crippen LogP contribution in [0.1, 0.15) is 19.8 Å². The summed E-state index contributed by atoms with van der Waals surface area (Å²) in [6.07, 6.45) is 2.82. The second kappa shape index (κ2) is 8.88. The summed E-state index contributed by atoms with van der Waals surface area (Å²) in [5, 5.41) is 1.05. The van der Waals surface area contributed by atoms with E-state index in [1.54, 1.807) is 29.2 Å². The lowest BCUT2D eigenvalue weighted by Crippen LogP contribution is -2.30. The molecule has 1 amide bonds. The summed E-state index contributed by atoms with van der Waals surface area (Å²) in [5.41, 5.74) is 0. The minimum absolute atomic E-state index is 0.109. The standard InChI is InChI=1S/C15H19Cl2NO2/c1-3-9-18(4-2)15(19)6-5-10-20-14-8-7-12(16)11-13(14)17/h3,7-8,11H,1,4-6,9-10H2,2H3. The molecule has 0 heterocycles. The third kappa shape index (κ3) is 5.43. The first-order valence-corrected chi connectivity index (χ1v) is 7.30. The molecule has 0 aliphatic rings. The molecule has 0 bridgehead atoms. The molecule has 0 aliphatic heterocycles. The number of carbonyl (C=O) groups is 1. The predicted molar refractivity (Wildman–Crippen MR) is 83.6 cm³/mol. The van der Waals surface area contributed by atoms with Crippen LogP contribution in [0.4, 0.5) is 0 Å². The van der Waals surface area contributed by atoms with Crippen molar-refractivity contribution in [1.82, 2.24) is 4.90 Å². The summed E-state index contributed by atoms with van der Waals surface area (Å²) in [4.78, 5) is 13.6. The Kier molecular flexibility index (Phi) is 7.48. The summed E-state index contributed by atoms with van der Waals surface area (Å²) in [6, 6.07) is 5.08. The van der Waals surface area contributed by atoms with Gasteiger partial charge in [0, 0.05) is 24.5 Å². The summed E-state index contributed by atoms with van der Waals surface area (Å²) in [7, 11) is 0. The molecule has 0 saturated carbocycles. The van der Waals surface area contributed by atoms with Crippen molar-refractivity contribution in [1.29, 1.82) is 0 Å². The van der Waals surface area contributed by atoms with Crippen molar-refractivity contribution in [3.8, 4) is 5.75 Å². The highest BCUT2D eigenvalue weighted by Crippen LogP contribution is 2.27. The Balaban J connectivity index is 2.34. The van der Waals surface area contributed by atoms with Crippen LogP contribution in [0.5, 0.6) is 5.75 Å². The molecule has 0 unspecified atom stereocenters. The van der Waals surface area contributed by atoms with Gasteiger partial charge in [-0.3, -0.25) is 4.79 Å². The lowest BCUT2D eigenvalue weighted by molar-refractivity contribution is -0.130. The van der Waals surface area contributed by atoms with Gasteiger partial charge in [0.15, 0.2) is 0 Å². The Morgan fingerprint density at radius 3 is 2.80 bits per heavy atom. The van der Waals surface area contributed by atoms with Crippen molar-refractivity contribution in [3.63, 3.8) is 0 Å². The smallest absolute Gasteiger partial charge is 0.222 e. The van der Waals surface area contributed by atoms with Gasteiger partial charge in [-0.05, 0) is 31.5 Å². The van der Waals surface area contributed by atoms with Crippen molar-refractivity contribution in [3.05, 3.63) is 40.9 Å². The van der Waals surface area contributed by atoms with Crippen molar-refractivity contribution >= 4 is 29.1 Å². The monoisotopic (exact) mass is 315 g/mol. The number of ether oxygens (including phenoxy) is 1. The van der Waals surface area contributed by atoms with E-state index in [4.69, 9.17) is 27.9 Å². The summed E-state index contributed by atoms with van der Waals surface area (Å²) in [5.74, 6) is 0.695. The molecule has 0 saturated heterocycles. The van der Waals surface area contributed by atoms with E-state index in [1.807, 2.05) is 6.92 Å². The number of likely N-dealkylation sites (N-methyl/N-ethyl adjacent to an activating group) is 1. The number of hydrogen-bond acceptors (Lipinski definition) is 2. The molecular formula is C15H19Cl2NO2. The Labute approximate surface area is 130 Å². The average Bonchev–Trinajstić information content (AvgIpc) is 2.42. The lowest BCUT2D eigenvalue weighted by Gasteiger charge is -2.18. The molecule has 0 radical (unpaired) electrons. The van der Waals surface area contributed by atoms with Crippen molar-refractivity contribution in [2.24, 2.45) is 0 Å². The normalized spacial score (nSPS) is 10.2. The fourth-order valence-corrected chi connectivity index (χ4v) is 2.18. The zero-order valence-corrected chi connectivity index (χ0v) is 13.1. The van der Waals surface area contributed by atoms with E-state index >= 15 is 0 Å². The van der Waals surface area contributed by atoms with Crippen molar-refractivity contribution in [2.75, 3.05) is 19.7 Å². The molecular weight excluding hydrogens is 297 g/mol. The number of nitrogens with zero attached hydrogens (tertiary/aromatic N) is 1. The Morgan fingerprint density at radius 1 is 1.45 bits per heavy atom. The first kappa shape index (κ1) is 16.9. The highest BCUT2D eigenvalue weighted by atomic mass is 35.5. The second-order valence-electron chi connectivity index (χ2n) is 4.25. The van der Waals surface area contributed by atoms with Crippen LogP contribution >= 0.6 is 23.2 Å². The van der Waals surface area contributed by atoms with E-state index in [9.17, 15) is 4.79 Å². The van der Waals surface area contributed by atoms with Gasteiger partial charge in [0.05, 0.1) is 11.6 Å². The predicted octanol–water partition coefficient (Wildman–Crippen LogP) is 4.19. The lowest BCUT2D eigenvalue weighted by atomic mass is 10.2. The first-order chi connectivity index (χ1) is 9.58. The van der Waals surface area contributed by atoms with Gasteiger partial charge in [-0.25, -0.2) is 0 Å². The number of rotatable bonds is 8. The van der Waals surface area contributed by atoms with E-state index in [0.29, 0.717) is 48.3 Å². The van der Waals surface area contributed by atoms with Gasteiger partial charge in [-0.2, -0.15) is 0 Å². The highest BCUT2D eigenvalue weighted by molar-refractivity contribution is 6.35. The minimum Gasteiger partial charge on any atom is -0.492 e. The van der Waals surface area contributed by atoms with Gasteiger partial charge < -0.3 is 9.64 Å².